The predicted molar refractivity (Wildman–Crippen MR) is 171 cm³/mol. The number of carbonyl (C=O) groups is 1. The molecule has 5 aromatic rings. The fraction of sp³-hybridized carbons (Fsp3) is 0.242. The summed E-state index contributed by atoms with van der Waals surface area (Å²) in [5, 5.41) is 60.9. The van der Waals surface area contributed by atoms with E-state index in [0.29, 0.717) is 39.7 Å². The van der Waals surface area contributed by atoms with Crippen LogP contribution in [-0.2, 0) is 6.54 Å². The number of aromatic nitrogens is 3. The number of fused-ring (bicyclic) bond motifs is 1. The van der Waals surface area contributed by atoms with Crippen molar-refractivity contribution in [3.05, 3.63) is 94.5 Å². The number of H-pyrrole nitrogens is 1. The van der Waals surface area contributed by atoms with Crippen molar-refractivity contribution in [3.8, 4) is 34.1 Å². The molecule has 0 aliphatic carbocycles. The van der Waals surface area contributed by atoms with Gasteiger partial charge in [-0.25, -0.2) is 9.78 Å². The molecule has 5 rings (SSSR count). The van der Waals surface area contributed by atoms with Crippen molar-refractivity contribution in [2.24, 2.45) is 0 Å². The number of ether oxygens (including phenoxy) is 1. The zero-order valence-electron chi connectivity index (χ0n) is 24.6. The SMILES string of the molecule is Cc1ccc(Oc2nc3nc(-c4ccc(-c5ccc(CNCC(O)C(O)C(O)C(O)CO)cc5)cc4)c(Cl)cc3[nH]2)cc1C(=O)O. The van der Waals surface area contributed by atoms with Crippen LogP contribution in [0.3, 0.4) is 0 Å². The molecule has 13 heteroatoms. The van der Waals surface area contributed by atoms with Crippen LogP contribution in [-0.4, -0.2) is 89.1 Å². The lowest BCUT2D eigenvalue weighted by molar-refractivity contribution is -0.114. The summed E-state index contributed by atoms with van der Waals surface area (Å²) in [6.07, 6.45) is -6.16. The minimum absolute atomic E-state index is 0.0328. The van der Waals surface area contributed by atoms with Crippen LogP contribution in [0.4, 0.5) is 0 Å². The highest BCUT2D eigenvalue weighted by molar-refractivity contribution is 6.33. The minimum atomic E-state index is -1.67. The number of hydrogen-bond acceptors (Lipinski definition) is 10. The number of rotatable bonds is 13. The molecule has 8 N–H and O–H groups in total. The molecule has 2 heterocycles. The summed E-state index contributed by atoms with van der Waals surface area (Å²) in [7, 11) is 0. The summed E-state index contributed by atoms with van der Waals surface area (Å²) in [5.41, 5.74) is 5.87. The van der Waals surface area contributed by atoms with Crippen molar-refractivity contribution in [1.29, 1.82) is 0 Å². The standard InChI is InChI=1S/C33H33ClN4O8/c1-17-2-11-22(12-23(17)32(44)45)46-33-36-25-13-24(34)28(37-31(25)38-33)21-9-7-20(8-10-21)19-5-3-18(4-6-19)14-35-15-26(40)29(42)30(43)27(41)16-39/h2-13,26-27,29-30,35,39-43H,14-16H2,1H3,(H,44,45)(H,36,37,38). The van der Waals surface area contributed by atoms with Gasteiger partial charge in [-0.2, -0.15) is 4.98 Å². The van der Waals surface area contributed by atoms with E-state index >= 15 is 0 Å². The number of nitrogens with one attached hydrogen (secondary N) is 2. The number of pyridine rings is 1. The highest BCUT2D eigenvalue weighted by Gasteiger charge is 2.29. The molecule has 0 saturated heterocycles. The number of benzene rings is 3. The quantitative estimate of drug-likeness (QED) is 0.0931. The lowest BCUT2D eigenvalue weighted by Gasteiger charge is -2.25. The monoisotopic (exact) mass is 648 g/mol. The van der Waals surface area contributed by atoms with Gasteiger partial charge in [0.15, 0.2) is 5.65 Å². The topological polar surface area (TPSA) is 201 Å². The van der Waals surface area contributed by atoms with E-state index in [2.05, 4.69) is 20.3 Å². The van der Waals surface area contributed by atoms with Crippen LogP contribution in [0.15, 0.2) is 72.8 Å². The van der Waals surface area contributed by atoms with Gasteiger partial charge in [0.05, 0.1) is 34.5 Å². The molecule has 0 spiro atoms. The number of imidazole rings is 1. The van der Waals surface area contributed by atoms with Gasteiger partial charge < -0.3 is 45.7 Å². The second-order valence-electron chi connectivity index (χ2n) is 10.8. The van der Waals surface area contributed by atoms with E-state index in [0.717, 1.165) is 22.3 Å². The molecule has 0 aliphatic heterocycles. The van der Waals surface area contributed by atoms with Crippen molar-refractivity contribution < 1.29 is 40.2 Å². The van der Waals surface area contributed by atoms with Gasteiger partial charge in [0.1, 0.15) is 24.1 Å². The van der Waals surface area contributed by atoms with E-state index in [9.17, 15) is 30.3 Å². The van der Waals surface area contributed by atoms with Crippen LogP contribution in [0.1, 0.15) is 21.5 Å². The molecule has 12 nitrogen and oxygen atoms in total. The van der Waals surface area contributed by atoms with Gasteiger partial charge in [0.25, 0.3) is 0 Å². The third kappa shape index (κ3) is 7.52. The molecule has 4 atom stereocenters. The molecule has 3 aromatic carbocycles. The van der Waals surface area contributed by atoms with Gasteiger partial charge in [-0.15, -0.1) is 0 Å². The Bertz CT molecular complexity index is 1810. The maximum Gasteiger partial charge on any atom is 0.336 e. The Morgan fingerprint density at radius 1 is 0.891 bits per heavy atom. The molecule has 0 saturated carbocycles. The minimum Gasteiger partial charge on any atom is -0.478 e. The van der Waals surface area contributed by atoms with Gasteiger partial charge in [0, 0.05) is 18.7 Å². The number of hydrogen-bond donors (Lipinski definition) is 8. The molecule has 46 heavy (non-hydrogen) atoms. The first kappa shape index (κ1) is 33.0. The van der Waals surface area contributed by atoms with Gasteiger partial charge in [0.2, 0.25) is 0 Å². The first-order valence-corrected chi connectivity index (χ1v) is 14.7. The first-order valence-electron chi connectivity index (χ1n) is 14.4. The molecule has 4 unspecified atom stereocenters. The van der Waals surface area contributed by atoms with Crippen LogP contribution in [0.5, 0.6) is 11.8 Å². The third-order valence-electron chi connectivity index (χ3n) is 7.51. The van der Waals surface area contributed by atoms with Crippen LogP contribution in [0.2, 0.25) is 5.02 Å². The number of carboxylic acids is 1. The summed E-state index contributed by atoms with van der Waals surface area (Å²) in [6.45, 7) is 1.34. The predicted octanol–water partition coefficient (Wildman–Crippen LogP) is 3.27. The Morgan fingerprint density at radius 3 is 2.17 bits per heavy atom. The average Bonchev–Trinajstić information content (AvgIpc) is 3.45. The maximum atomic E-state index is 11.5. The molecule has 240 valence electrons. The van der Waals surface area contributed by atoms with Crippen molar-refractivity contribution in [2.45, 2.75) is 37.9 Å². The Labute approximate surface area is 268 Å². The van der Waals surface area contributed by atoms with E-state index in [1.165, 1.54) is 6.07 Å². The summed E-state index contributed by atoms with van der Waals surface area (Å²) < 4.78 is 5.77. The van der Waals surface area contributed by atoms with Gasteiger partial charge in [-0.3, -0.25) is 0 Å². The Kier molecular flexibility index (Phi) is 10.3. The molecule has 0 aliphatic rings. The summed E-state index contributed by atoms with van der Waals surface area (Å²) in [5.74, 6) is -0.728. The van der Waals surface area contributed by atoms with Crippen LogP contribution >= 0.6 is 11.6 Å². The van der Waals surface area contributed by atoms with Gasteiger partial charge >= 0.3 is 12.0 Å². The highest BCUT2D eigenvalue weighted by atomic mass is 35.5. The van der Waals surface area contributed by atoms with Gasteiger partial charge in [-0.05, 0) is 47.4 Å². The normalized spacial score (nSPS) is 14.2. The molecular formula is C33H33ClN4O8. The zero-order chi connectivity index (χ0) is 33.0. The molecule has 2 aromatic heterocycles. The van der Waals surface area contributed by atoms with Crippen LogP contribution in [0, 0.1) is 6.92 Å². The van der Waals surface area contributed by atoms with E-state index in [1.54, 1.807) is 25.1 Å². The first-order chi connectivity index (χ1) is 22.0. The number of carboxylic acid groups (broad SMARTS) is 1. The summed E-state index contributed by atoms with van der Waals surface area (Å²) >= 11 is 6.58. The molecule has 0 fully saturated rings. The molecule has 0 amide bonds. The second-order valence-corrected chi connectivity index (χ2v) is 11.2. The molecular weight excluding hydrogens is 616 g/mol. The second kappa shape index (κ2) is 14.4. The number of aliphatic hydroxyl groups excluding tert-OH is 5. The molecule has 0 radical (unpaired) electrons. The van der Waals surface area contributed by atoms with E-state index in [4.69, 9.17) is 21.4 Å². The Hall–Kier alpha value is -4.40. The summed E-state index contributed by atoms with van der Waals surface area (Å²) in [6, 6.07) is 22.1. The van der Waals surface area contributed by atoms with Crippen LogP contribution < -0.4 is 10.1 Å². The highest BCUT2D eigenvalue weighted by Crippen LogP contribution is 2.32. The largest absolute Gasteiger partial charge is 0.478 e. The Balaban J connectivity index is 1.22. The number of aromatic carboxylic acids is 1. The van der Waals surface area contributed by atoms with Crippen molar-refractivity contribution in [3.63, 3.8) is 0 Å². The summed E-state index contributed by atoms with van der Waals surface area (Å²) in [4.78, 5) is 23.5. The fourth-order valence-corrected chi connectivity index (χ4v) is 5.10. The number of aromatic amines is 1. The average molecular weight is 649 g/mol. The smallest absolute Gasteiger partial charge is 0.336 e. The van der Waals surface area contributed by atoms with Crippen molar-refractivity contribution >= 4 is 28.7 Å². The number of nitrogens with zero attached hydrogens (tertiary/aromatic N) is 2. The lowest BCUT2D eigenvalue weighted by Crippen LogP contribution is -2.48. The van der Waals surface area contributed by atoms with E-state index < -0.39 is 37.0 Å². The van der Waals surface area contributed by atoms with Gasteiger partial charge in [-0.1, -0.05) is 66.2 Å². The Morgan fingerprint density at radius 2 is 1.52 bits per heavy atom. The zero-order valence-corrected chi connectivity index (χ0v) is 25.4. The van der Waals surface area contributed by atoms with E-state index in [1.807, 2.05) is 48.5 Å². The van der Waals surface area contributed by atoms with Crippen molar-refractivity contribution in [1.82, 2.24) is 20.3 Å². The number of aryl methyl sites for hydroxylation is 1. The van der Waals surface area contributed by atoms with E-state index in [-0.39, 0.29) is 18.1 Å². The van der Waals surface area contributed by atoms with Crippen LogP contribution in [0.25, 0.3) is 33.5 Å². The maximum absolute atomic E-state index is 11.5. The third-order valence-corrected chi connectivity index (χ3v) is 7.80. The molecule has 0 bridgehead atoms. The number of halogens is 1. The van der Waals surface area contributed by atoms with Crippen molar-refractivity contribution in [2.75, 3.05) is 13.2 Å². The fourth-order valence-electron chi connectivity index (χ4n) is 4.84. The number of aliphatic hydroxyl groups is 5. The lowest BCUT2D eigenvalue weighted by atomic mass is 10.0.